The zero-order valence-corrected chi connectivity index (χ0v) is 11.9. The van der Waals surface area contributed by atoms with Crippen LogP contribution in [0.2, 0.25) is 0 Å². The summed E-state index contributed by atoms with van der Waals surface area (Å²) in [5.41, 5.74) is 6.35. The van der Waals surface area contributed by atoms with Gasteiger partial charge in [0, 0.05) is 11.8 Å². The molecule has 0 bridgehead atoms. The summed E-state index contributed by atoms with van der Waals surface area (Å²) in [4.78, 5) is 4.57. The molecule has 1 aromatic heterocycles. The van der Waals surface area contributed by atoms with E-state index < -0.39 is 15.4 Å². The maximum atomic E-state index is 11.4. The lowest BCUT2D eigenvalue weighted by molar-refractivity contribution is 0.229. The quantitative estimate of drug-likeness (QED) is 0.920. The molecule has 106 valence electrons. The molecule has 2 N–H and O–H groups in total. The minimum absolute atomic E-state index is 0.260. The lowest BCUT2D eigenvalue weighted by atomic mass is 9.77. The van der Waals surface area contributed by atoms with Gasteiger partial charge in [0.2, 0.25) is 0 Å². The summed E-state index contributed by atoms with van der Waals surface area (Å²) in [6.07, 6.45) is 3.96. The fraction of sp³-hybridized carbons (Fsp3) is 0.385. The van der Waals surface area contributed by atoms with E-state index in [1.165, 1.54) is 18.4 Å². The van der Waals surface area contributed by atoms with Gasteiger partial charge >= 0.3 is 0 Å². The third-order valence-electron chi connectivity index (χ3n) is 3.65. The first kappa shape index (κ1) is 13.3. The molecule has 1 heterocycles. The third kappa shape index (κ3) is 2.23. The van der Waals surface area contributed by atoms with Crippen LogP contribution in [0, 0.1) is 0 Å². The zero-order chi connectivity index (χ0) is 14.4. The number of rotatable bonds is 3. The molecule has 3 rings (SSSR count). The lowest BCUT2D eigenvalue weighted by Crippen LogP contribution is -2.44. The first-order valence-corrected chi connectivity index (χ1v) is 8.21. The van der Waals surface area contributed by atoms with E-state index in [9.17, 15) is 8.42 Å². The summed E-state index contributed by atoms with van der Waals surface area (Å²) < 4.78 is 28.0. The summed E-state index contributed by atoms with van der Waals surface area (Å²) >= 11 is 0. The standard InChI is InChI=1S/C13H15N3O3S/c1-20(17,18)10-5-3-9(4-6-10)11-15-12(16-19-11)13(14)7-2-8-13/h3-6H,2,7-8,14H2,1H3. The molecule has 1 aliphatic carbocycles. The Bertz CT molecular complexity index is 730. The molecule has 0 aliphatic heterocycles. The van der Waals surface area contributed by atoms with Gasteiger partial charge in [-0.3, -0.25) is 0 Å². The van der Waals surface area contributed by atoms with Crippen molar-refractivity contribution in [3.8, 4) is 11.5 Å². The van der Waals surface area contributed by atoms with Crippen LogP contribution in [0.4, 0.5) is 0 Å². The van der Waals surface area contributed by atoms with E-state index in [0.29, 0.717) is 17.3 Å². The van der Waals surface area contributed by atoms with Crippen LogP contribution in [-0.2, 0) is 15.4 Å². The van der Waals surface area contributed by atoms with E-state index in [0.717, 1.165) is 19.3 Å². The van der Waals surface area contributed by atoms with E-state index in [2.05, 4.69) is 10.1 Å². The second kappa shape index (κ2) is 4.39. The van der Waals surface area contributed by atoms with Crippen molar-refractivity contribution in [3.05, 3.63) is 30.1 Å². The Labute approximate surface area is 116 Å². The molecule has 20 heavy (non-hydrogen) atoms. The van der Waals surface area contributed by atoms with E-state index in [4.69, 9.17) is 10.3 Å². The maximum Gasteiger partial charge on any atom is 0.257 e. The molecule has 0 amide bonds. The van der Waals surface area contributed by atoms with Crippen molar-refractivity contribution in [1.29, 1.82) is 0 Å². The molecule has 1 aliphatic rings. The number of nitrogens with two attached hydrogens (primary N) is 1. The molecule has 0 unspecified atom stereocenters. The molecule has 0 saturated heterocycles. The minimum atomic E-state index is -3.20. The molecule has 6 nitrogen and oxygen atoms in total. The number of hydrogen-bond donors (Lipinski definition) is 1. The molecule has 1 saturated carbocycles. The van der Waals surface area contributed by atoms with Crippen LogP contribution < -0.4 is 5.73 Å². The number of aromatic nitrogens is 2. The summed E-state index contributed by atoms with van der Waals surface area (Å²) in [5, 5.41) is 3.93. The summed E-state index contributed by atoms with van der Waals surface area (Å²) in [5.74, 6) is 0.878. The van der Waals surface area contributed by atoms with Crippen molar-refractivity contribution >= 4 is 9.84 Å². The Kier molecular flexibility index (Phi) is 2.91. The van der Waals surface area contributed by atoms with Crippen molar-refractivity contribution < 1.29 is 12.9 Å². The predicted octanol–water partition coefficient (Wildman–Crippen LogP) is 1.48. The highest BCUT2D eigenvalue weighted by Crippen LogP contribution is 2.37. The highest BCUT2D eigenvalue weighted by Gasteiger charge is 2.39. The zero-order valence-electron chi connectivity index (χ0n) is 11.0. The van der Waals surface area contributed by atoms with Gasteiger partial charge in [-0.2, -0.15) is 4.98 Å². The van der Waals surface area contributed by atoms with Crippen molar-refractivity contribution in [2.75, 3.05) is 6.26 Å². The van der Waals surface area contributed by atoms with Gasteiger partial charge in [0.1, 0.15) is 0 Å². The Morgan fingerprint density at radius 1 is 1.25 bits per heavy atom. The van der Waals surface area contributed by atoms with Gasteiger partial charge < -0.3 is 10.3 Å². The fourth-order valence-corrected chi connectivity index (χ4v) is 2.80. The molecule has 7 heteroatoms. The number of sulfone groups is 1. The van der Waals surface area contributed by atoms with E-state index in [-0.39, 0.29) is 4.90 Å². The van der Waals surface area contributed by atoms with Gasteiger partial charge in [0.05, 0.1) is 10.4 Å². The highest BCUT2D eigenvalue weighted by molar-refractivity contribution is 7.90. The second-order valence-electron chi connectivity index (χ2n) is 5.23. The molecule has 0 radical (unpaired) electrons. The van der Waals surface area contributed by atoms with Crippen LogP contribution in [0.25, 0.3) is 11.5 Å². The largest absolute Gasteiger partial charge is 0.334 e. The summed E-state index contributed by atoms with van der Waals surface area (Å²) in [6.45, 7) is 0. The maximum absolute atomic E-state index is 11.4. The van der Waals surface area contributed by atoms with E-state index in [1.807, 2.05) is 0 Å². The fourth-order valence-electron chi connectivity index (χ4n) is 2.17. The molecule has 0 spiro atoms. The number of hydrogen-bond acceptors (Lipinski definition) is 6. The van der Waals surface area contributed by atoms with Crippen LogP contribution in [0.3, 0.4) is 0 Å². The average molecular weight is 293 g/mol. The average Bonchev–Trinajstić information content (AvgIpc) is 2.85. The van der Waals surface area contributed by atoms with Crippen LogP contribution in [0.5, 0.6) is 0 Å². The van der Waals surface area contributed by atoms with Gasteiger partial charge in [-0.05, 0) is 43.5 Å². The van der Waals surface area contributed by atoms with Crippen LogP contribution in [0.15, 0.2) is 33.7 Å². The van der Waals surface area contributed by atoms with Crippen molar-refractivity contribution in [2.45, 2.75) is 29.7 Å². The first-order valence-electron chi connectivity index (χ1n) is 6.32. The number of nitrogens with zero attached hydrogens (tertiary/aromatic N) is 2. The predicted molar refractivity (Wildman–Crippen MR) is 72.6 cm³/mol. The van der Waals surface area contributed by atoms with E-state index in [1.54, 1.807) is 12.1 Å². The summed E-state index contributed by atoms with van der Waals surface area (Å²) in [7, 11) is -3.20. The monoisotopic (exact) mass is 293 g/mol. The molecule has 1 aromatic carbocycles. The SMILES string of the molecule is CS(=O)(=O)c1ccc(-c2nc(C3(N)CCC3)no2)cc1. The topological polar surface area (TPSA) is 99.1 Å². The Morgan fingerprint density at radius 3 is 2.40 bits per heavy atom. The van der Waals surface area contributed by atoms with Crippen molar-refractivity contribution in [2.24, 2.45) is 5.73 Å². The number of benzene rings is 1. The third-order valence-corrected chi connectivity index (χ3v) is 4.78. The molecular formula is C13H15N3O3S. The first-order chi connectivity index (χ1) is 9.38. The van der Waals surface area contributed by atoms with Crippen LogP contribution in [-0.4, -0.2) is 24.8 Å². The molecule has 0 atom stereocenters. The molecular weight excluding hydrogens is 278 g/mol. The molecule has 2 aromatic rings. The summed E-state index contributed by atoms with van der Waals surface area (Å²) in [6, 6.07) is 6.35. The van der Waals surface area contributed by atoms with Gasteiger partial charge in [-0.1, -0.05) is 5.16 Å². The Hall–Kier alpha value is -1.73. The van der Waals surface area contributed by atoms with Gasteiger partial charge in [0.25, 0.3) is 5.89 Å². The smallest absolute Gasteiger partial charge is 0.257 e. The second-order valence-corrected chi connectivity index (χ2v) is 7.25. The Morgan fingerprint density at radius 2 is 1.90 bits per heavy atom. The van der Waals surface area contributed by atoms with Gasteiger partial charge in [0.15, 0.2) is 15.7 Å². The van der Waals surface area contributed by atoms with Gasteiger partial charge in [-0.25, -0.2) is 8.42 Å². The van der Waals surface area contributed by atoms with Crippen LogP contribution in [0.1, 0.15) is 25.1 Å². The Balaban J connectivity index is 1.90. The molecule has 1 fully saturated rings. The normalized spacial score (nSPS) is 17.7. The lowest BCUT2D eigenvalue weighted by Gasteiger charge is -2.34. The van der Waals surface area contributed by atoms with Crippen LogP contribution >= 0.6 is 0 Å². The van der Waals surface area contributed by atoms with E-state index >= 15 is 0 Å². The van der Waals surface area contributed by atoms with Crippen molar-refractivity contribution in [3.63, 3.8) is 0 Å². The van der Waals surface area contributed by atoms with Gasteiger partial charge in [-0.15, -0.1) is 0 Å². The van der Waals surface area contributed by atoms with Crippen molar-refractivity contribution in [1.82, 2.24) is 10.1 Å². The highest BCUT2D eigenvalue weighted by atomic mass is 32.2. The minimum Gasteiger partial charge on any atom is -0.334 e.